The Morgan fingerprint density at radius 2 is 1.94 bits per heavy atom. The van der Waals surface area contributed by atoms with Gasteiger partial charge in [-0.15, -0.1) is 0 Å². The Balaban J connectivity index is 2.84. The molecule has 0 spiro atoms. The van der Waals surface area contributed by atoms with Gasteiger partial charge in [-0.2, -0.15) is 0 Å². The lowest BCUT2D eigenvalue weighted by Gasteiger charge is -2.28. The zero-order chi connectivity index (χ0) is 13.6. The molecule has 4 heteroatoms. The van der Waals surface area contributed by atoms with Gasteiger partial charge in [0, 0.05) is 10.9 Å². The summed E-state index contributed by atoms with van der Waals surface area (Å²) in [4.78, 5) is 12.0. The third-order valence-corrected chi connectivity index (χ3v) is 3.29. The van der Waals surface area contributed by atoms with Crippen molar-refractivity contribution >= 4 is 21.9 Å². The number of esters is 1. The van der Waals surface area contributed by atoms with Crippen LogP contribution in [0.15, 0.2) is 28.7 Å². The quantitative estimate of drug-likeness (QED) is 0.821. The normalized spacial score (nSPS) is 14.0. The molecular formula is C14H20BrNO2. The standard InChI is InChI=1S/C14H20BrNO2/c1-4-16-14(3,13(17)18-5-2)10-11-6-8-12(15)9-7-11/h6-9,16H,4-5,10H2,1-3H3. The molecule has 1 rings (SSSR count). The largest absolute Gasteiger partial charge is 0.465 e. The first kappa shape index (κ1) is 15.2. The number of carbonyl (C=O) groups excluding carboxylic acids is 1. The van der Waals surface area contributed by atoms with Crippen LogP contribution in [0.5, 0.6) is 0 Å². The summed E-state index contributed by atoms with van der Waals surface area (Å²) < 4.78 is 6.18. The first-order valence-electron chi connectivity index (χ1n) is 6.18. The predicted molar refractivity (Wildman–Crippen MR) is 76.6 cm³/mol. The number of ether oxygens (including phenoxy) is 1. The van der Waals surface area contributed by atoms with Gasteiger partial charge in [-0.05, 0) is 38.1 Å². The van der Waals surface area contributed by atoms with E-state index in [4.69, 9.17) is 4.74 Å². The van der Waals surface area contributed by atoms with E-state index in [-0.39, 0.29) is 5.97 Å². The van der Waals surface area contributed by atoms with Gasteiger partial charge in [0.25, 0.3) is 0 Å². The Labute approximate surface area is 117 Å². The highest BCUT2D eigenvalue weighted by Gasteiger charge is 2.33. The molecule has 0 aromatic heterocycles. The zero-order valence-corrected chi connectivity index (χ0v) is 12.7. The Bertz CT molecular complexity index is 391. The van der Waals surface area contributed by atoms with Crippen molar-refractivity contribution in [2.24, 2.45) is 0 Å². The van der Waals surface area contributed by atoms with Crippen LogP contribution in [-0.4, -0.2) is 24.7 Å². The second-order valence-electron chi connectivity index (χ2n) is 4.39. The Hall–Kier alpha value is -0.870. The van der Waals surface area contributed by atoms with Crippen LogP contribution in [0.4, 0.5) is 0 Å². The van der Waals surface area contributed by atoms with Crippen LogP contribution in [-0.2, 0) is 16.0 Å². The van der Waals surface area contributed by atoms with Gasteiger partial charge in [0.1, 0.15) is 5.54 Å². The zero-order valence-electron chi connectivity index (χ0n) is 11.1. The minimum Gasteiger partial charge on any atom is -0.465 e. The fraction of sp³-hybridized carbons (Fsp3) is 0.500. The molecule has 1 N–H and O–H groups in total. The molecule has 0 saturated carbocycles. The number of likely N-dealkylation sites (N-methyl/N-ethyl adjacent to an activating group) is 1. The second kappa shape index (κ2) is 6.90. The summed E-state index contributed by atoms with van der Waals surface area (Å²) in [5.41, 5.74) is 0.438. The predicted octanol–water partition coefficient (Wildman–Crippen LogP) is 2.92. The minimum atomic E-state index is -0.668. The van der Waals surface area contributed by atoms with Gasteiger partial charge in [0.2, 0.25) is 0 Å². The van der Waals surface area contributed by atoms with Crippen LogP contribution in [0.1, 0.15) is 26.3 Å². The highest BCUT2D eigenvalue weighted by atomic mass is 79.9. The molecule has 0 aliphatic heterocycles. The monoisotopic (exact) mass is 313 g/mol. The minimum absolute atomic E-state index is 0.199. The summed E-state index contributed by atoms with van der Waals surface area (Å²) in [6.45, 7) is 6.82. The van der Waals surface area contributed by atoms with Crippen LogP contribution in [0.2, 0.25) is 0 Å². The molecule has 0 radical (unpaired) electrons. The molecule has 1 atom stereocenters. The van der Waals surface area contributed by atoms with E-state index in [1.165, 1.54) is 0 Å². The van der Waals surface area contributed by atoms with E-state index in [9.17, 15) is 4.79 Å². The molecule has 18 heavy (non-hydrogen) atoms. The number of carbonyl (C=O) groups is 1. The molecule has 1 aromatic rings. The summed E-state index contributed by atoms with van der Waals surface area (Å²) in [5.74, 6) is -0.199. The lowest BCUT2D eigenvalue weighted by atomic mass is 9.93. The lowest BCUT2D eigenvalue weighted by molar-refractivity contribution is -0.150. The van der Waals surface area contributed by atoms with E-state index in [1.54, 1.807) is 0 Å². The Morgan fingerprint density at radius 3 is 2.44 bits per heavy atom. The fourth-order valence-electron chi connectivity index (χ4n) is 1.90. The molecule has 0 aliphatic rings. The molecule has 1 aromatic carbocycles. The maximum atomic E-state index is 12.0. The number of halogens is 1. The van der Waals surface area contributed by atoms with Gasteiger partial charge < -0.3 is 10.1 Å². The van der Waals surface area contributed by atoms with E-state index < -0.39 is 5.54 Å². The number of rotatable bonds is 6. The third kappa shape index (κ3) is 4.10. The lowest BCUT2D eigenvalue weighted by Crippen LogP contribution is -2.52. The van der Waals surface area contributed by atoms with Gasteiger partial charge in [0.05, 0.1) is 6.61 Å². The third-order valence-electron chi connectivity index (χ3n) is 2.76. The Kier molecular flexibility index (Phi) is 5.82. The van der Waals surface area contributed by atoms with Crippen LogP contribution < -0.4 is 5.32 Å². The van der Waals surface area contributed by atoms with Crippen molar-refractivity contribution in [2.75, 3.05) is 13.2 Å². The van der Waals surface area contributed by atoms with Gasteiger partial charge >= 0.3 is 5.97 Å². The summed E-state index contributed by atoms with van der Waals surface area (Å²) >= 11 is 3.40. The van der Waals surface area contributed by atoms with E-state index in [0.717, 1.165) is 16.6 Å². The molecule has 0 aliphatic carbocycles. The van der Waals surface area contributed by atoms with Crippen molar-refractivity contribution in [3.05, 3.63) is 34.3 Å². The van der Waals surface area contributed by atoms with Gasteiger partial charge in [-0.1, -0.05) is 35.0 Å². The molecule has 0 fully saturated rings. The van der Waals surface area contributed by atoms with E-state index in [0.29, 0.717) is 13.0 Å². The highest BCUT2D eigenvalue weighted by Crippen LogP contribution is 2.18. The smallest absolute Gasteiger partial charge is 0.326 e. The highest BCUT2D eigenvalue weighted by molar-refractivity contribution is 9.10. The molecule has 0 heterocycles. The molecule has 100 valence electrons. The first-order valence-corrected chi connectivity index (χ1v) is 6.98. The van der Waals surface area contributed by atoms with Crippen LogP contribution >= 0.6 is 15.9 Å². The van der Waals surface area contributed by atoms with Gasteiger partial charge in [0.15, 0.2) is 0 Å². The van der Waals surface area contributed by atoms with Crippen LogP contribution in [0.25, 0.3) is 0 Å². The average Bonchev–Trinajstić information content (AvgIpc) is 2.33. The Morgan fingerprint density at radius 1 is 1.33 bits per heavy atom. The maximum absolute atomic E-state index is 12.0. The number of hydrogen-bond acceptors (Lipinski definition) is 3. The molecule has 0 bridgehead atoms. The molecule has 3 nitrogen and oxygen atoms in total. The van der Waals surface area contributed by atoms with E-state index in [1.807, 2.05) is 45.0 Å². The van der Waals surface area contributed by atoms with Gasteiger partial charge in [-0.3, -0.25) is 4.79 Å². The van der Waals surface area contributed by atoms with Crippen molar-refractivity contribution in [1.82, 2.24) is 5.32 Å². The molecule has 0 amide bonds. The van der Waals surface area contributed by atoms with Crippen LogP contribution in [0, 0.1) is 0 Å². The van der Waals surface area contributed by atoms with Crippen molar-refractivity contribution in [3.8, 4) is 0 Å². The summed E-state index contributed by atoms with van der Waals surface area (Å²) in [6, 6.07) is 7.98. The summed E-state index contributed by atoms with van der Waals surface area (Å²) in [6.07, 6.45) is 0.618. The van der Waals surface area contributed by atoms with Crippen LogP contribution in [0.3, 0.4) is 0 Å². The first-order chi connectivity index (χ1) is 8.51. The van der Waals surface area contributed by atoms with Crippen molar-refractivity contribution < 1.29 is 9.53 Å². The van der Waals surface area contributed by atoms with Gasteiger partial charge in [-0.25, -0.2) is 0 Å². The van der Waals surface area contributed by atoms with E-state index >= 15 is 0 Å². The van der Waals surface area contributed by atoms with E-state index in [2.05, 4.69) is 21.2 Å². The second-order valence-corrected chi connectivity index (χ2v) is 5.30. The molecule has 1 unspecified atom stereocenters. The molecule has 0 saturated heterocycles. The average molecular weight is 314 g/mol. The van der Waals surface area contributed by atoms with Crippen molar-refractivity contribution in [1.29, 1.82) is 0 Å². The topological polar surface area (TPSA) is 38.3 Å². The van der Waals surface area contributed by atoms with Crippen molar-refractivity contribution in [3.63, 3.8) is 0 Å². The number of benzene rings is 1. The summed E-state index contributed by atoms with van der Waals surface area (Å²) in [5, 5.41) is 3.22. The number of hydrogen-bond donors (Lipinski definition) is 1. The SMILES string of the molecule is CCNC(C)(Cc1ccc(Br)cc1)C(=O)OCC. The van der Waals surface area contributed by atoms with Crippen molar-refractivity contribution in [2.45, 2.75) is 32.7 Å². The molecular weight excluding hydrogens is 294 g/mol. The number of nitrogens with one attached hydrogen (secondary N) is 1. The fourth-order valence-corrected chi connectivity index (χ4v) is 2.16. The summed E-state index contributed by atoms with van der Waals surface area (Å²) in [7, 11) is 0. The maximum Gasteiger partial charge on any atom is 0.326 e.